The fourth-order valence-electron chi connectivity index (χ4n) is 1.71. The van der Waals surface area contributed by atoms with Gasteiger partial charge in [0.25, 0.3) is 0 Å². The van der Waals surface area contributed by atoms with E-state index >= 15 is 0 Å². The highest BCUT2D eigenvalue weighted by molar-refractivity contribution is 6.02. The summed E-state index contributed by atoms with van der Waals surface area (Å²) in [6.07, 6.45) is 0. The normalized spacial score (nSPS) is 7.72. The van der Waals surface area contributed by atoms with Crippen molar-refractivity contribution in [2.24, 2.45) is 0 Å². The first-order valence-electron chi connectivity index (χ1n) is 6.37. The molecule has 0 heterocycles. The van der Waals surface area contributed by atoms with E-state index in [4.69, 9.17) is 20.4 Å². The second-order valence-corrected chi connectivity index (χ2v) is 4.31. The fourth-order valence-corrected chi connectivity index (χ4v) is 1.71. The molecule has 0 atom stereocenters. The molecule has 0 fully saturated rings. The van der Waals surface area contributed by atoms with Gasteiger partial charge < -0.3 is 20.4 Å². The Morgan fingerprint density at radius 3 is 0.655 bits per heavy atom. The van der Waals surface area contributed by atoms with E-state index in [1.165, 1.54) is 48.5 Å². The Kier molecular flexibility index (Phi) is 20.6. The first-order valence-corrected chi connectivity index (χ1v) is 6.37. The van der Waals surface area contributed by atoms with Gasteiger partial charge in [0, 0.05) is 0 Å². The SMILES string of the molecule is C.C.C.C.C.O=C(O)c1ccccc1C(=O)O.O=C(O)c1ccccc1C(=O)O. The minimum absolute atomic E-state index is 0. The zero-order valence-electron chi connectivity index (χ0n) is 12.0. The van der Waals surface area contributed by atoms with Crippen LogP contribution in [0.2, 0.25) is 0 Å². The van der Waals surface area contributed by atoms with E-state index in [9.17, 15) is 19.2 Å². The van der Waals surface area contributed by atoms with Crippen molar-refractivity contribution in [3.8, 4) is 0 Å². The maximum atomic E-state index is 10.5. The van der Waals surface area contributed by atoms with Crippen molar-refractivity contribution in [3.05, 3.63) is 70.8 Å². The molecule has 0 saturated carbocycles. The summed E-state index contributed by atoms with van der Waals surface area (Å²) >= 11 is 0. The standard InChI is InChI=1S/2C8H6O4.5CH4/c2*9-7(10)5-3-1-2-4-6(5)8(11)12;;;;;/h2*1-4H,(H,9,10)(H,11,12);5*1H4. The topological polar surface area (TPSA) is 149 Å². The van der Waals surface area contributed by atoms with Gasteiger partial charge in [-0.05, 0) is 24.3 Å². The lowest BCUT2D eigenvalue weighted by molar-refractivity contribution is 0.0651. The summed E-state index contributed by atoms with van der Waals surface area (Å²) in [5.41, 5.74) is -0.759. The van der Waals surface area contributed by atoms with Crippen molar-refractivity contribution in [2.45, 2.75) is 37.1 Å². The molecule has 0 aromatic heterocycles. The minimum atomic E-state index is -1.23. The summed E-state index contributed by atoms with van der Waals surface area (Å²) in [5, 5.41) is 34.2. The van der Waals surface area contributed by atoms with E-state index in [0.717, 1.165) is 0 Å². The monoisotopic (exact) mass is 412 g/mol. The van der Waals surface area contributed by atoms with Crippen molar-refractivity contribution < 1.29 is 39.6 Å². The lowest BCUT2D eigenvalue weighted by Gasteiger charge is -1.98. The second-order valence-electron chi connectivity index (χ2n) is 4.31. The van der Waals surface area contributed by atoms with Crippen LogP contribution in [0.5, 0.6) is 0 Å². The Morgan fingerprint density at radius 2 is 0.552 bits per heavy atom. The number of benzene rings is 2. The van der Waals surface area contributed by atoms with E-state index in [1.807, 2.05) is 0 Å². The molecular weight excluding hydrogens is 380 g/mol. The Labute approximate surface area is 172 Å². The van der Waals surface area contributed by atoms with Crippen molar-refractivity contribution in [1.29, 1.82) is 0 Å². The Hall–Kier alpha value is -3.68. The van der Waals surface area contributed by atoms with E-state index in [-0.39, 0.29) is 59.4 Å². The minimum Gasteiger partial charge on any atom is -0.478 e. The maximum Gasteiger partial charge on any atom is 0.336 e. The summed E-state index contributed by atoms with van der Waals surface area (Å²) in [4.78, 5) is 41.9. The quantitative estimate of drug-likeness (QED) is 0.525. The number of carboxylic acids is 4. The van der Waals surface area contributed by atoms with Crippen molar-refractivity contribution in [2.75, 3.05) is 0 Å². The van der Waals surface area contributed by atoms with Crippen LogP contribution in [-0.4, -0.2) is 44.3 Å². The number of hydrogen-bond donors (Lipinski definition) is 4. The summed E-state index contributed by atoms with van der Waals surface area (Å²) in [6, 6.07) is 11.0. The highest BCUT2D eigenvalue weighted by atomic mass is 16.4. The van der Waals surface area contributed by atoms with E-state index in [2.05, 4.69) is 0 Å². The molecule has 0 aliphatic carbocycles. The highest BCUT2D eigenvalue weighted by Gasteiger charge is 2.14. The Morgan fingerprint density at radius 1 is 0.414 bits per heavy atom. The van der Waals surface area contributed by atoms with Crippen LogP contribution in [0.1, 0.15) is 78.6 Å². The largest absolute Gasteiger partial charge is 0.478 e. The predicted molar refractivity (Wildman–Crippen MR) is 114 cm³/mol. The van der Waals surface area contributed by atoms with Gasteiger partial charge in [0.05, 0.1) is 22.3 Å². The molecule has 8 nitrogen and oxygen atoms in total. The van der Waals surface area contributed by atoms with Crippen molar-refractivity contribution in [3.63, 3.8) is 0 Å². The number of hydrogen-bond acceptors (Lipinski definition) is 4. The van der Waals surface area contributed by atoms with Gasteiger partial charge in [0.1, 0.15) is 0 Å². The molecule has 0 unspecified atom stereocenters. The summed E-state index contributed by atoms with van der Waals surface area (Å²) in [6.45, 7) is 0. The van der Waals surface area contributed by atoms with Gasteiger partial charge in [0.15, 0.2) is 0 Å². The summed E-state index contributed by atoms with van der Waals surface area (Å²) in [5.74, 6) is -4.91. The molecule has 0 saturated heterocycles. The van der Waals surface area contributed by atoms with Gasteiger partial charge in [-0.15, -0.1) is 0 Å². The number of carbonyl (C=O) groups is 4. The van der Waals surface area contributed by atoms with Gasteiger partial charge >= 0.3 is 23.9 Å². The molecule has 2 rings (SSSR count). The molecule has 2 aromatic carbocycles. The summed E-state index contributed by atoms with van der Waals surface area (Å²) < 4.78 is 0. The van der Waals surface area contributed by atoms with Crippen LogP contribution < -0.4 is 0 Å². The smallest absolute Gasteiger partial charge is 0.336 e. The average Bonchev–Trinajstić information content (AvgIpc) is 2.55. The number of aromatic carboxylic acids is 4. The number of carboxylic acid groups (broad SMARTS) is 4. The Balaban J connectivity index is -0.000000113. The Bertz CT molecular complexity index is 663. The van der Waals surface area contributed by atoms with Crippen molar-refractivity contribution >= 4 is 23.9 Å². The lowest BCUT2D eigenvalue weighted by Crippen LogP contribution is -2.06. The fraction of sp³-hybridized carbons (Fsp3) is 0.238. The van der Waals surface area contributed by atoms with Crippen molar-refractivity contribution in [1.82, 2.24) is 0 Å². The molecular formula is C21H32O8. The van der Waals surface area contributed by atoms with Crippen LogP contribution >= 0.6 is 0 Å². The first-order chi connectivity index (χ1) is 11.3. The maximum absolute atomic E-state index is 10.5. The third-order valence-corrected chi connectivity index (χ3v) is 2.78. The van der Waals surface area contributed by atoms with Gasteiger partial charge in [0.2, 0.25) is 0 Å². The van der Waals surface area contributed by atoms with E-state index in [0.29, 0.717) is 0 Å². The third kappa shape index (κ3) is 10.3. The lowest BCUT2D eigenvalue weighted by atomic mass is 10.1. The molecule has 4 N–H and O–H groups in total. The molecule has 0 spiro atoms. The van der Waals surface area contributed by atoms with Crippen LogP contribution in [0.4, 0.5) is 0 Å². The molecule has 0 radical (unpaired) electrons. The molecule has 0 bridgehead atoms. The molecule has 0 amide bonds. The molecule has 8 heteroatoms. The average molecular weight is 412 g/mol. The zero-order valence-corrected chi connectivity index (χ0v) is 12.0. The zero-order chi connectivity index (χ0) is 18.3. The van der Waals surface area contributed by atoms with Crippen LogP contribution in [0, 0.1) is 0 Å². The molecule has 0 aliphatic rings. The third-order valence-electron chi connectivity index (χ3n) is 2.78. The van der Waals surface area contributed by atoms with Crippen LogP contribution in [0.15, 0.2) is 48.5 Å². The molecule has 2 aromatic rings. The predicted octanol–water partition coefficient (Wildman–Crippen LogP) is 5.35. The van der Waals surface area contributed by atoms with E-state index < -0.39 is 23.9 Å². The van der Waals surface area contributed by atoms with E-state index in [1.54, 1.807) is 0 Å². The number of rotatable bonds is 4. The highest BCUT2D eigenvalue weighted by Crippen LogP contribution is 2.08. The summed E-state index contributed by atoms with van der Waals surface area (Å²) in [7, 11) is 0. The molecule has 0 aliphatic heterocycles. The molecule has 29 heavy (non-hydrogen) atoms. The van der Waals surface area contributed by atoms with Crippen LogP contribution in [0.3, 0.4) is 0 Å². The second kappa shape index (κ2) is 16.5. The van der Waals surface area contributed by atoms with Gasteiger partial charge in [-0.25, -0.2) is 19.2 Å². The van der Waals surface area contributed by atoms with Crippen LogP contribution in [0.25, 0.3) is 0 Å². The van der Waals surface area contributed by atoms with Gasteiger partial charge in [-0.2, -0.15) is 0 Å². The van der Waals surface area contributed by atoms with Gasteiger partial charge in [-0.3, -0.25) is 0 Å². The van der Waals surface area contributed by atoms with Crippen LogP contribution in [-0.2, 0) is 0 Å². The van der Waals surface area contributed by atoms with Gasteiger partial charge in [-0.1, -0.05) is 61.4 Å². The first kappa shape index (κ1) is 36.3. The molecule has 164 valence electrons.